The Morgan fingerprint density at radius 3 is 2.26 bits per heavy atom. The Morgan fingerprint density at radius 1 is 0.870 bits per heavy atom. The van der Waals surface area contributed by atoms with Gasteiger partial charge in [0, 0.05) is 77.6 Å². The number of fused-ring (bicyclic) bond motifs is 1. The van der Waals surface area contributed by atoms with E-state index in [0.717, 1.165) is 71.7 Å². The first-order valence-electron chi connectivity index (χ1n) is 18.9. The van der Waals surface area contributed by atoms with Crippen molar-refractivity contribution in [1.82, 2.24) is 19.8 Å². The Balaban J connectivity index is 0.966. The largest absolute Gasteiger partial charge is 0.453 e. The van der Waals surface area contributed by atoms with E-state index in [4.69, 9.17) is 28.7 Å². The molecule has 4 heterocycles. The number of nitrogens with zero attached hydrogens (tertiary/aromatic N) is 4. The standard InChI is InChI=1S/C41H51FN4O7S/c1-29(47)46(33-10-13-45(14-11-33)15-16-50-19-20-52-22-21-51-18-17-49-2)28-32-5-7-36(44-27-32)40-26-37-41(54-40)39(9-12-43-37)53-38-8-6-31(25-35(38)42)24-34(48)23-30-3-4-30/h5-9,12,25-27,30,33H,3-4,10-11,13-24,28H2,1-2H3. The molecule has 4 aromatic rings. The molecule has 11 nitrogen and oxygen atoms in total. The van der Waals surface area contributed by atoms with Crippen molar-refractivity contribution in [3.05, 3.63) is 71.8 Å². The van der Waals surface area contributed by atoms with Gasteiger partial charge in [0.25, 0.3) is 0 Å². The summed E-state index contributed by atoms with van der Waals surface area (Å²) in [4.78, 5) is 39.6. The Bertz CT molecular complexity index is 1810. The van der Waals surface area contributed by atoms with E-state index in [1.165, 1.54) is 17.4 Å². The summed E-state index contributed by atoms with van der Waals surface area (Å²) in [7, 11) is 1.65. The summed E-state index contributed by atoms with van der Waals surface area (Å²) in [6.07, 6.45) is 8.33. The summed E-state index contributed by atoms with van der Waals surface area (Å²) >= 11 is 1.48. The van der Waals surface area contributed by atoms with Crippen LogP contribution in [0, 0.1) is 11.7 Å². The van der Waals surface area contributed by atoms with Crippen LogP contribution < -0.4 is 4.74 Å². The van der Waals surface area contributed by atoms with E-state index in [0.29, 0.717) is 76.4 Å². The van der Waals surface area contributed by atoms with E-state index in [1.807, 2.05) is 29.3 Å². The number of carbonyl (C=O) groups excluding carboxylic acids is 2. The van der Waals surface area contributed by atoms with Crippen molar-refractivity contribution in [1.29, 1.82) is 0 Å². The number of likely N-dealkylation sites (tertiary alicyclic amines) is 1. The van der Waals surface area contributed by atoms with E-state index in [-0.39, 0.29) is 29.9 Å². The molecule has 13 heteroatoms. The zero-order valence-electron chi connectivity index (χ0n) is 31.3. The second-order valence-corrected chi connectivity index (χ2v) is 15.0. The van der Waals surface area contributed by atoms with Crippen LogP contribution in [-0.2, 0) is 41.5 Å². The number of halogens is 1. The zero-order valence-corrected chi connectivity index (χ0v) is 32.1. The van der Waals surface area contributed by atoms with Crippen LogP contribution in [0.15, 0.2) is 54.9 Å². The number of aromatic nitrogens is 2. The third-order valence-electron chi connectivity index (χ3n) is 9.77. The number of hydrogen-bond donors (Lipinski definition) is 0. The molecule has 2 fully saturated rings. The van der Waals surface area contributed by atoms with E-state index in [2.05, 4.69) is 9.88 Å². The Kier molecular flexibility index (Phi) is 14.9. The van der Waals surface area contributed by atoms with E-state index < -0.39 is 5.82 Å². The summed E-state index contributed by atoms with van der Waals surface area (Å²) < 4.78 is 43.5. The van der Waals surface area contributed by atoms with Crippen molar-refractivity contribution < 1.29 is 37.7 Å². The molecule has 1 saturated carbocycles. The summed E-state index contributed by atoms with van der Waals surface area (Å²) in [6.45, 7) is 8.80. The van der Waals surface area contributed by atoms with E-state index in [9.17, 15) is 9.59 Å². The lowest BCUT2D eigenvalue weighted by Crippen LogP contribution is -2.47. The molecule has 1 amide bonds. The molecular weight excluding hydrogens is 712 g/mol. The molecular formula is C41H51FN4O7S. The third-order valence-corrected chi connectivity index (χ3v) is 10.9. The molecule has 1 saturated heterocycles. The minimum absolute atomic E-state index is 0.0567. The molecule has 0 unspecified atom stereocenters. The summed E-state index contributed by atoms with van der Waals surface area (Å²) in [6, 6.07) is 12.6. The average Bonchev–Trinajstić information content (AvgIpc) is 3.87. The van der Waals surface area contributed by atoms with Crippen molar-refractivity contribution >= 4 is 33.2 Å². The van der Waals surface area contributed by atoms with Gasteiger partial charge in [0.15, 0.2) is 11.6 Å². The molecule has 0 bridgehead atoms. The normalized spacial score (nSPS) is 15.2. The number of ketones is 1. The second kappa shape index (κ2) is 20.2. The number of Topliss-reactive ketones (excluding diaryl/α,β-unsaturated/α-hetero) is 1. The quantitative estimate of drug-likeness (QED) is 0.0802. The van der Waals surface area contributed by atoms with Crippen molar-refractivity contribution in [3.63, 3.8) is 0 Å². The molecule has 0 N–H and O–H groups in total. The molecule has 1 aliphatic carbocycles. The van der Waals surface area contributed by atoms with Crippen LogP contribution in [0.3, 0.4) is 0 Å². The van der Waals surface area contributed by atoms with Crippen molar-refractivity contribution in [2.45, 2.75) is 58.0 Å². The fourth-order valence-electron chi connectivity index (χ4n) is 6.61. The predicted molar refractivity (Wildman–Crippen MR) is 205 cm³/mol. The number of thiophene rings is 1. The van der Waals surface area contributed by atoms with Gasteiger partial charge in [-0.25, -0.2) is 4.39 Å². The SMILES string of the molecule is COCCOCCOCCOCCN1CCC(N(Cc2ccc(-c3cc4nccc(Oc5ccc(CC(=O)CC6CC6)cc5F)c4s3)nc2)C(C)=O)CC1. The van der Waals surface area contributed by atoms with Gasteiger partial charge in [-0.1, -0.05) is 12.1 Å². The van der Waals surface area contributed by atoms with Gasteiger partial charge in [-0.15, -0.1) is 11.3 Å². The molecule has 54 heavy (non-hydrogen) atoms. The molecule has 1 aromatic carbocycles. The van der Waals surface area contributed by atoms with Crippen LogP contribution in [0.25, 0.3) is 20.8 Å². The van der Waals surface area contributed by atoms with Crippen molar-refractivity contribution in [3.8, 4) is 22.1 Å². The highest BCUT2D eigenvalue weighted by molar-refractivity contribution is 7.22. The average molecular weight is 763 g/mol. The summed E-state index contributed by atoms with van der Waals surface area (Å²) in [5.74, 6) is 0.812. The number of piperidine rings is 1. The molecule has 3 aromatic heterocycles. The first-order valence-corrected chi connectivity index (χ1v) is 19.7. The number of hydrogen-bond acceptors (Lipinski definition) is 11. The Hall–Kier alpha value is -3.85. The van der Waals surface area contributed by atoms with Gasteiger partial charge in [0.2, 0.25) is 5.91 Å². The number of rotatable bonds is 22. The molecule has 290 valence electrons. The molecule has 0 spiro atoms. The number of pyridine rings is 2. The molecule has 6 rings (SSSR count). The highest BCUT2D eigenvalue weighted by Gasteiger charge is 2.27. The van der Waals surface area contributed by atoms with Crippen LogP contribution in [0.2, 0.25) is 0 Å². The molecule has 1 aliphatic heterocycles. The highest BCUT2D eigenvalue weighted by Crippen LogP contribution is 2.39. The van der Waals surface area contributed by atoms with Crippen molar-refractivity contribution in [2.24, 2.45) is 5.92 Å². The topological polar surface area (TPSA) is 113 Å². The summed E-state index contributed by atoms with van der Waals surface area (Å²) in [5, 5.41) is 0. The van der Waals surface area contributed by atoms with Crippen LogP contribution in [-0.4, -0.2) is 110 Å². The van der Waals surface area contributed by atoms with Gasteiger partial charge >= 0.3 is 0 Å². The summed E-state index contributed by atoms with van der Waals surface area (Å²) in [5.41, 5.74) is 3.13. The van der Waals surface area contributed by atoms with Gasteiger partial charge in [-0.3, -0.25) is 19.6 Å². The predicted octanol–water partition coefficient (Wildman–Crippen LogP) is 6.71. The van der Waals surface area contributed by atoms with Gasteiger partial charge in [0.1, 0.15) is 11.5 Å². The Labute approximate surface area is 320 Å². The number of benzene rings is 1. The van der Waals surface area contributed by atoms with Gasteiger partial charge in [0.05, 0.1) is 67.0 Å². The minimum atomic E-state index is -0.504. The molecule has 2 aliphatic rings. The maximum atomic E-state index is 15.1. The van der Waals surface area contributed by atoms with Crippen LogP contribution in [0.5, 0.6) is 11.5 Å². The van der Waals surface area contributed by atoms with Gasteiger partial charge in [-0.2, -0.15) is 0 Å². The second-order valence-electron chi connectivity index (χ2n) is 14.0. The monoisotopic (exact) mass is 762 g/mol. The van der Waals surface area contributed by atoms with Crippen LogP contribution in [0.1, 0.15) is 50.2 Å². The van der Waals surface area contributed by atoms with Gasteiger partial charge in [-0.05, 0) is 67.0 Å². The van der Waals surface area contributed by atoms with Crippen LogP contribution >= 0.6 is 11.3 Å². The smallest absolute Gasteiger partial charge is 0.219 e. The maximum absolute atomic E-state index is 15.1. The lowest BCUT2D eigenvalue weighted by Gasteiger charge is -2.38. The Morgan fingerprint density at radius 2 is 1.59 bits per heavy atom. The number of methoxy groups -OCH3 is 1. The first-order chi connectivity index (χ1) is 26.4. The van der Waals surface area contributed by atoms with E-state index in [1.54, 1.807) is 38.4 Å². The lowest BCUT2D eigenvalue weighted by molar-refractivity contribution is -0.133. The van der Waals surface area contributed by atoms with Crippen molar-refractivity contribution in [2.75, 3.05) is 73.0 Å². The minimum Gasteiger partial charge on any atom is -0.453 e. The number of amides is 1. The van der Waals surface area contributed by atoms with E-state index >= 15 is 4.39 Å². The van der Waals surface area contributed by atoms with Gasteiger partial charge < -0.3 is 33.5 Å². The molecule has 0 radical (unpaired) electrons. The third kappa shape index (κ3) is 11.8. The maximum Gasteiger partial charge on any atom is 0.219 e. The lowest BCUT2D eigenvalue weighted by atomic mass is 10.0. The number of carbonyl (C=O) groups is 2. The first kappa shape index (κ1) is 39.8. The van der Waals surface area contributed by atoms with Crippen LogP contribution in [0.4, 0.5) is 4.39 Å². The fraction of sp³-hybridized carbons (Fsp3) is 0.512. The fourth-order valence-corrected chi connectivity index (χ4v) is 7.65. The molecule has 0 atom stereocenters. The zero-order chi connectivity index (χ0) is 37.7. The number of ether oxygens (including phenoxy) is 5. The highest BCUT2D eigenvalue weighted by atomic mass is 32.1.